The highest BCUT2D eigenvalue weighted by Crippen LogP contribution is 2.17. The fourth-order valence-electron chi connectivity index (χ4n) is 1.86. The Hall–Kier alpha value is -2.76. The molecule has 0 aliphatic rings. The van der Waals surface area contributed by atoms with Gasteiger partial charge in [0.25, 0.3) is 0 Å². The summed E-state index contributed by atoms with van der Waals surface area (Å²) < 4.78 is 14.6. The van der Waals surface area contributed by atoms with Gasteiger partial charge in [0.2, 0.25) is 0 Å². The number of anilines is 1. The number of benzene rings is 1. The van der Waals surface area contributed by atoms with Crippen molar-refractivity contribution in [3.05, 3.63) is 60.4 Å². The number of nitrogen functional groups attached to an aromatic ring is 1. The van der Waals surface area contributed by atoms with Crippen LogP contribution in [0.2, 0.25) is 0 Å². The second-order valence-electron chi connectivity index (χ2n) is 4.30. The Kier molecular flexibility index (Phi) is 3.12. The molecule has 2 heterocycles. The van der Waals surface area contributed by atoms with Crippen LogP contribution in [0.3, 0.4) is 0 Å². The summed E-state index contributed by atoms with van der Waals surface area (Å²) in [6.45, 7) is 0.437. The maximum absolute atomic E-state index is 12.9. The largest absolute Gasteiger partial charge is 0.384 e. The van der Waals surface area contributed by atoms with Gasteiger partial charge in [-0.15, -0.1) is 0 Å². The minimum Gasteiger partial charge on any atom is -0.384 e. The third-order valence-electron chi connectivity index (χ3n) is 2.81. The van der Waals surface area contributed by atoms with Crippen LogP contribution in [0, 0.1) is 5.82 Å². The number of halogens is 1. The average Bonchev–Trinajstić information content (AvgIpc) is 2.88. The second kappa shape index (κ2) is 5.08. The lowest BCUT2D eigenvalue weighted by Gasteiger charge is -2.01. The molecule has 3 aromatic rings. The van der Waals surface area contributed by atoms with Crippen LogP contribution >= 0.6 is 0 Å². The van der Waals surface area contributed by atoms with E-state index in [0.717, 1.165) is 11.3 Å². The molecule has 5 nitrogen and oxygen atoms in total. The third kappa shape index (κ3) is 2.64. The summed E-state index contributed by atoms with van der Waals surface area (Å²) in [7, 11) is 0. The lowest BCUT2D eigenvalue weighted by molar-refractivity contribution is 0.628. The highest BCUT2D eigenvalue weighted by atomic mass is 19.1. The number of hydrogen-bond donors (Lipinski definition) is 1. The Labute approximate surface area is 114 Å². The van der Waals surface area contributed by atoms with Crippen LogP contribution in [0.25, 0.3) is 11.3 Å². The Balaban J connectivity index is 1.82. The molecule has 3 rings (SSSR count). The van der Waals surface area contributed by atoms with Gasteiger partial charge in [0.05, 0.1) is 5.69 Å². The molecule has 0 amide bonds. The summed E-state index contributed by atoms with van der Waals surface area (Å²) >= 11 is 0. The van der Waals surface area contributed by atoms with Crippen molar-refractivity contribution < 1.29 is 4.39 Å². The van der Waals surface area contributed by atoms with Crippen molar-refractivity contribution in [1.82, 2.24) is 19.7 Å². The second-order valence-corrected chi connectivity index (χ2v) is 4.30. The molecule has 0 spiro atoms. The SMILES string of the molecule is Nc1ccnc(Cn2ccc(-c3ccc(F)cc3)n2)n1. The molecule has 2 N–H and O–H groups in total. The van der Waals surface area contributed by atoms with Gasteiger partial charge in [-0.1, -0.05) is 0 Å². The lowest BCUT2D eigenvalue weighted by Crippen LogP contribution is -2.06. The molecular formula is C14H12FN5. The maximum atomic E-state index is 12.9. The number of nitrogens with two attached hydrogens (primary N) is 1. The van der Waals surface area contributed by atoms with E-state index >= 15 is 0 Å². The van der Waals surface area contributed by atoms with Gasteiger partial charge in [-0.25, -0.2) is 14.4 Å². The predicted octanol–water partition coefficient (Wildman–Crippen LogP) is 2.11. The van der Waals surface area contributed by atoms with Crippen LogP contribution in [0.5, 0.6) is 0 Å². The van der Waals surface area contributed by atoms with Gasteiger partial charge in [0.1, 0.15) is 18.2 Å². The van der Waals surface area contributed by atoms with Crippen molar-refractivity contribution in [2.45, 2.75) is 6.54 Å². The lowest BCUT2D eigenvalue weighted by atomic mass is 10.1. The van der Waals surface area contributed by atoms with Crippen LogP contribution in [0.15, 0.2) is 48.8 Å². The minimum absolute atomic E-state index is 0.263. The average molecular weight is 269 g/mol. The summed E-state index contributed by atoms with van der Waals surface area (Å²) in [5.74, 6) is 0.765. The van der Waals surface area contributed by atoms with Crippen molar-refractivity contribution in [3.63, 3.8) is 0 Å². The zero-order valence-electron chi connectivity index (χ0n) is 10.6. The zero-order chi connectivity index (χ0) is 13.9. The van der Waals surface area contributed by atoms with E-state index in [1.807, 2.05) is 12.3 Å². The van der Waals surface area contributed by atoms with Crippen molar-refractivity contribution in [2.24, 2.45) is 0 Å². The number of rotatable bonds is 3. The first kappa shape index (κ1) is 12.3. The highest BCUT2D eigenvalue weighted by Gasteiger charge is 2.04. The molecule has 0 fully saturated rings. The quantitative estimate of drug-likeness (QED) is 0.790. The van der Waals surface area contributed by atoms with E-state index in [2.05, 4.69) is 15.1 Å². The van der Waals surface area contributed by atoms with Crippen LogP contribution in [0.1, 0.15) is 5.82 Å². The Morgan fingerprint density at radius 1 is 1.10 bits per heavy atom. The molecule has 0 aliphatic carbocycles. The number of nitrogens with zero attached hydrogens (tertiary/aromatic N) is 4. The number of aromatic nitrogens is 4. The van der Waals surface area contributed by atoms with Crippen LogP contribution in [-0.4, -0.2) is 19.7 Å². The first-order chi connectivity index (χ1) is 9.70. The molecule has 100 valence electrons. The van der Waals surface area contributed by atoms with E-state index in [1.165, 1.54) is 12.1 Å². The van der Waals surface area contributed by atoms with Crippen molar-refractivity contribution >= 4 is 5.82 Å². The fraction of sp³-hybridized carbons (Fsp3) is 0.0714. The van der Waals surface area contributed by atoms with Crippen LogP contribution < -0.4 is 5.73 Å². The first-order valence-corrected chi connectivity index (χ1v) is 6.07. The van der Waals surface area contributed by atoms with Crippen molar-refractivity contribution in [2.75, 3.05) is 5.73 Å². The van der Waals surface area contributed by atoms with Gasteiger partial charge < -0.3 is 5.73 Å². The van der Waals surface area contributed by atoms with Crippen LogP contribution in [0.4, 0.5) is 10.2 Å². The van der Waals surface area contributed by atoms with E-state index < -0.39 is 0 Å². The van der Waals surface area contributed by atoms with Gasteiger partial charge in [0.15, 0.2) is 5.82 Å². The first-order valence-electron chi connectivity index (χ1n) is 6.07. The van der Waals surface area contributed by atoms with Gasteiger partial charge in [-0.2, -0.15) is 5.10 Å². The summed E-state index contributed by atoms with van der Waals surface area (Å²) in [6.07, 6.45) is 3.44. The molecule has 0 radical (unpaired) electrons. The van der Waals surface area contributed by atoms with Gasteiger partial charge in [-0.05, 0) is 36.4 Å². The van der Waals surface area contributed by atoms with E-state index in [4.69, 9.17) is 5.73 Å². The molecule has 6 heteroatoms. The summed E-state index contributed by atoms with van der Waals surface area (Å²) in [4.78, 5) is 8.25. The molecule has 2 aromatic heterocycles. The third-order valence-corrected chi connectivity index (χ3v) is 2.81. The number of hydrogen-bond acceptors (Lipinski definition) is 4. The van der Waals surface area contributed by atoms with Crippen molar-refractivity contribution in [1.29, 1.82) is 0 Å². The summed E-state index contributed by atoms with van der Waals surface area (Å²) in [6, 6.07) is 9.71. The Bertz CT molecular complexity index is 720. The highest BCUT2D eigenvalue weighted by molar-refractivity contribution is 5.58. The molecule has 0 bridgehead atoms. The monoisotopic (exact) mass is 269 g/mol. The summed E-state index contributed by atoms with van der Waals surface area (Å²) in [5, 5.41) is 4.41. The van der Waals surface area contributed by atoms with Gasteiger partial charge in [-0.3, -0.25) is 4.68 Å². The molecular weight excluding hydrogens is 257 g/mol. The molecule has 0 saturated carbocycles. The Morgan fingerprint density at radius 3 is 2.65 bits per heavy atom. The minimum atomic E-state index is -0.263. The molecule has 20 heavy (non-hydrogen) atoms. The normalized spacial score (nSPS) is 10.7. The molecule has 0 atom stereocenters. The van der Waals surface area contributed by atoms with Gasteiger partial charge >= 0.3 is 0 Å². The van der Waals surface area contributed by atoms with E-state index in [-0.39, 0.29) is 5.82 Å². The van der Waals surface area contributed by atoms with Crippen molar-refractivity contribution in [3.8, 4) is 11.3 Å². The van der Waals surface area contributed by atoms with E-state index in [9.17, 15) is 4.39 Å². The molecule has 0 saturated heterocycles. The topological polar surface area (TPSA) is 69.6 Å². The van der Waals surface area contributed by atoms with E-state index in [0.29, 0.717) is 18.2 Å². The molecule has 0 aliphatic heterocycles. The predicted molar refractivity (Wildman–Crippen MR) is 73.2 cm³/mol. The smallest absolute Gasteiger partial charge is 0.152 e. The maximum Gasteiger partial charge on any atom is 0.152 e. The standard InChI is InChI=1S/C14H12FN5/c15-11-3-1-10(2-4-11)12-6-8-20(19-12)9-14-17-7-5-13(16)18-14/h1-8H,9H2,(H2,16,17,18). The zero-order valence-corrected chi connectivity index (χ0v) is 10.6. The Morgan fingerprint density at radius 2 is 1.90 bits per heavy atom. The van der Waals surface area contributed by atoms with Crippen LogP contribution in [-0.2, 0) is 6.54 Å². The summed E-state index contributed by atoms with van der Waals surface area (Å²) in [5.41, 5.74) is 7.24. The molecule has 0 unspecified atom stereocenters. The molecule has 1 aromatic carbocycles. The fourth-order valence-corrected chi connectivity index (χ4v) is 1.86. The van der Waals surface area contributed by atoms with E-state index in [1.54, 1.807) is 29.1 Å². The van der Waals surface area contributed by atoms with Gasteiger partial charge in [0, 0.05) is 18.0 Å².